The van der Waals surface area contributed by atoms with Crippen molar-refractivity contribution in [1.82, 2.24) is 4.90 Å². The number of hydrogen-bond acceptors (Lipinski definition) is 8. The Morgan fingerprint density at radius 3 is 2.48 bits per heavy atom. The van der Waals surface area contributed by atoms with Crippen molar-refractivity contribution in [2.24, 2.45) is 17.8 Å². The molecule has 2 N–H and O–H groups in total. The van der Waals surface area contributed by atoms with Gasteiger partial charge in [0.25, 0.3) is 0 Å². The van der Waals surface area contributed by atoms with Gasteiger partial charge in [0.1, 0.15) is 0 Å². The number of amides is 1. The van der Waals surface area contributed by atoms with Crippen LogP contribution in [0, 0.1) is 17.8 Å². The number of hydrogen-bond donors (Lipinski definition) is 2. The number of carbonyl (C=O) groups excluding carboxylic acids is 4. The number of rotatable bonds is 5. The second-order valence-corrected chi connectivity index (χ2v) is 16.8. The van der Waals surface area contributed by atoms with Crippen molar-refractivity contribution >= 4 is 23.4 Å². The van der Waals surface area contributed by atoms with E-state index in [0.717, 1.165) is 16.4 Å². The van der Waals surface area contributed by atoms with Crippen LogP contribution in [0.4, 0.5) is 0 Å². The maximum atomic E-state index is 13.9. The summed E-state index contributed by atoms with van der Waals surface area (Å²) >= 11 is -0.376. The molecule has 4 rings (SSSR count). The molecular weight excluding hydrogens is 701 g/mol. The topological polar surface area (TPSA) is 130 Å². The number of esters is 1. The molecule has 3 aliphatic heterocycles. The molecule has 2 fully saturated rings. The summed E-state index contributed by atoms with van der Waals surface area (Å²) in [5.74, 6) is -7.37. The molecule has 3 aliphatic rings. The molecule has 3 heterocycles. The number of benzene rings is 1. The van der Waals surface area contributed by atoms with Crippen LogP contribution in [0.1, 0.15) is 71.8 Å². The van der Waals surface area contributed by atoms with Gasteiger partial charge >= 0.3 is 284 Å². The monoisotopic (exact) mass is 750 g/mol. The predicted molar refractivity (Wildman–Crippen MR) is 169 cm³/mol. The van der Waals surface area contributed by atoms with Crippen LogP contribution in [0.5, 0.6) is 0 Å². The summed E-state index contributed by atoms with van der Waals surface area (Å²) in [6.45, 7) is 7.33. The first kappa shape index (κ1) is 36.4. The summed E-state index contributed by atoms with van der Waals surface area (Å²) in [5, 5.41) is 22.8. The number of fused-ring (bicyclic) bond motifs is 3. The van der Waals surface area contributed by atoms with E-state index >= 15 is 0 Å². The molecule has 2 bridgehead atoms. The molecule has 9 atom stereocenters. The van der Waals surface area contributed by atoms with Crippen molar-refractivity contribution in [2.45, 2.75) is 107 Å². The van der Waals surface area contributed by atoms with Crippen LogP contribution in [-0.4, -0.2) is 83.6 Å². The number of piperidine rings is 1. The number of alkyl halides is 2. The van der Waals surface area contributed by atoms with Crippen molar-refractivity contribution in [1.29, 1.82) is 0 Å². The van der Waals surface area contributed by atoms with E-state index < -0.39 is 65.6 Å². The third-order valence-corrected chi connectivity index (χ3v) is 12.8. The van der Waals surface area contributed by atoms with Gasteiger partial charge in [-0.25, -0.2) is 0 Å². The van der Waals surface area contributed by atoms with Crippen molar-refractivity contribution < 1.29 is 60.1 Å². The van der Waals surface area contributed by atoms with E-state index in [1.807, 2.05) is 30.4 Å². The number of allylic oxidation sites excluding steroid dienone is 3. The van der Waals surface area contributed by atoms with Gasteiger partial charge in [0.15, 0.2) is 0 Å². The number of ether oxygens (including phenoxy) is 2. The Morgan fingerprint density at radius 2 is 1.76 bits per heavy atom. The molecule has 254 valence electrons. The zero-order valence-electron chi connectivity index (χ0n) is 27.3. The van der Waals surface area contributed by atoms with E-state index in [0.29, 0.717) is 38.5 Å². The second-order valence-electron chi connectivity index (χ2n) is 12.8. The van der Waals surface area contributed by atoms with Crippen molar-refractivity contribution in [3.63, 3.8) is 0 Å². The third-order valence-electron chi connectivity index (χ3n) is 9.64. The Morgan fingerprint density at radius 1 is 1.02 bits per heavy atom. The molecule has 0 saturated carbocycles. The normalized spacial score (nSPS) is 35.7. The van der Waals surface area contributed by atoms with Gasteiger partial charge in [0.05, 0.1) is 0 Å². The van der Waals surface area contributed by atoms with E-state index in [4.69, 9.17) is 9.47 Å². The maximum absolute atomic E-state index is 13.9. The Balaban J connectivity index is 1.70. The number of carbonyl (C=O) groups is 4. The molecule has 9 nitrogen and oxygen atoms in total. The molecule has 3 unspecified atom stereocenters. The molecule has 46 heavy (non-hydrogen) atoms. The summed E-state index contributed by atoms with van der Waals surface area (Å²) in [5.41, 5.74) is 1.14. The van der Waals surface area contributed by atoms with Crippen LogP contribution in [0.25, 0.3) is 0 Å². The van der Waals surface area contributed by atoms with Crippen LogP contribution in [-0.2, 0) is 35.1 Å². The SMILES string of the molecule is CC[I-]C(Cc1ccccc1)[C@@H]1/C=C/C/C=C/C(=O)[C@@H](C)C(O)[C@@H](C)C2CC[C@@H](C)[C@@](O)(O2)C(=O)C(=O)N2CCCC[C@H]2C(=O)O1. The van der Waals surface area contributed by atoms with Gasteiger partial charge in [0.2, 0.25) is 0 Å². The van der Waals surface area contributed by atoms with Gasteiger partial charge in [-0.1, -0.05) is 0 Å². The Bertz CT molecular complexity index is 1280. The summed E-state index contributed by atoms with van der Waals surface area (Å²) in [6, 6.07) is 9.09. The fraction of sp³-hybridized carbons (Fsp3) is 0.611. The molecule has 0 spiro atoms. The molecule has 0 aliphatic carbocycles. The van der Waals surface area contributed by atoms with Gasteiger partial charge in [-0.2, -0.15) is 0 Å². The van der Waals surface area contributed by atoms with Crippen LogP contribution < -0.4 is 21.2 Å². The second kappa shape index (κ2) is 16.6. The molecule has 10 heteroatoms. The fourth-order valence-electron chi connectivity index (χ4n) is 6.58. The molecule has 0 radical (unpaired) electrons. The first-order valence-electron chi connectivity index (χ1n) is 16.6. The first-order chi connectivity index (χ1) is 22.0. The van der Waals surface area contributed by atoms with Gasteiger partial charge in [-0.3, -0.25) is 0 Å². The molecular formula is C36H49INO8-. The molecule has 0 aromatic heterocycles. The number of nitrogens with zero attached hydrogens (tertiary/aromatic N) is 1. The Labute approximate surface area is 283 Å². The summed E-state index contributed by atoms with van der Waals surface area (Å²) in [7, 11) is 0. The zero-order chi connectivity index (χ0) is 33.4. The summed E-state index contributed by atoms with van der Waals surface area (Å²) < 4.78 is 13.3. The molecule has 1 aromatic carbocycles. The molecule has 1 aromatic rings. The van der Waals surface area contributed by atoms with Crippen molar-refractivity contribution in [3.05, 3.63) is 60.2 Å². The predicted octanol–water partition coefficient (Wildman–Crippen LogP) is 0.791. The van der Waals surface area contributed by atoms with E-state index in [9.17, 15) is 29.4 Å². The van der Waals surface area contributed by atoms with Crippen LogP contribution in [0.3, 0.4) is 0 Å². The molecule has 1 amide bonds. The number of ketones is 2. The van der Waals surface area contributed by atoms with Crippen LogP contribution in [0.2, 0.25) is 0 Å². The fourth-order valence-corrected chi connectivity index (χ4v) is 9.42. The number of aliphatic hydroxyl groups excluding tert-OH is 1. The number of aliphatic hydroxyl groups is 2. The van der Waals surface area contributed by atoms with Gasteiger partial charge in [0, 0.05) is 0 Å². The molecule has 2 saturated heterocycles. The van der Waals surface area contributed by atoms with Crippen LogP contribution >= 0.6 is 0 Å². The number of halogens is 1. The van der Waals surface area contributed by atoms with Crippen LogP contribution in [0.15, 0.2) is 54.6 Å². The average molecular weight is 751 g/mol. The Hall–Kier alpha value is -2.41. The standard InChI is InChI=1S/C36H49INO8/c1-5-37-27(22-26-14-8-6-9-15-26)31-18-11-7-10-17-29(39)24(3)32(40)25(4)30-20-19-23(2)36(44,46-30)33(41)34(42)38-21-13-12-16-28(38)35(43)45-31/h6,8-11,14-15,17-18,23-25,27-28,30-32,40,44H,5,7,12-13,16,19-22H2,1-4H3/q-1/b17-10+,18-11+/t23-,24-,25+,27?,28+,30?,31+,32?,36-/m1/s1. The third kappa shape index (κ3) is 8.54. The zero-order valence-corrected chi connectivity index (χ0v) is 29.5. The summed E-state index contributed by atoms with van der Waals surface area (Å²) in [6.07, 6.45) is 8.18. The summed E-state index contributed by atoms with van der Waals surface area (Å²) in [4.78, 5) is 55.8. The quantitative estimate of drug-likeness (QED) is 0.149. The minimum absolute atomic E-state index is 0.0614. The number of cyclic esters (lactones) is 1. The number of Topliss-reactive ketones (excluding diaryl/α,β-unsaturated/α-hetero) is 1. The Kier molecular flexibility index (Phi) is 13.2. The van der Waals surface area contributed by atoms with E-state index in [2.05, 4.69) is 19.1 Å². The minimum atomic E-state index is -2.42. The van der Waals surface area contributed by atoms with Crippen molar-refractivity contribution in [2.75, 3.05) is 11.0 Å². The van der Waals surface area contributed by atoms with Gasteiger partial charge in [-0.15, -0.1) is 0 Å². The first-order valence-corrected chi connectivity index (χ1v) is 19.4. The van der Waals surface area contributed by atoms with Crippen molar-refractivity contribution in [3.8, 4) is 0 Å². The average Bonchev–Trinajstić information content (AvgIpc) is 3.06. The van der Waals surface area contributed by atoms with E-state index in [-0.39, 0.29) is 37.5 Å². The van der Waals surface area contributed by atoms with Gasteiger partial charge in [-0.05, 0) is 0 Å². The van der Waals surface area contributed by atoms with E-state index in [1.165, 1.54) is 11.0 Å². The van der Waals surface area contributed by atoms with E-state index in [1.54, 1.807) is 26.8 Å². The van der Waals surface area contributed by atoms with Gasteiger partial charge < -0.3 is 0 Å².